The minimum Gasteiger partial charge on any atom is -0.456 e. The van der Waals surface area contributed by atoms with Crippen LogP contribution in [0.25, 0.3) is 121 Å². The van der Waals surface area contributed by atoms with Crippen molar-refractivity contribution in [2.75, 3.05) is 0 Å². The van der Waals surface area contributed by atoms with Crippen LogP contribution >= 0.6 is 0 Å². The Morgan fingerprint density at radius 3 is 2.02 bits per heavy atom. The van der Waals surface area contributed by atoms with Crippen LogP contribution in [0.15, 0.2) is 162 Å². The lowest BCUT2D eigenvalue weighted by atomic mass is 10.0. The van der Waals surface area contributed by atoms with E-state index in [1.807, 2.05) is 12.1 Å². The van der Waals surface area contributed by atoms with E-state index in [-0.39, 0.29) is 0 Å². The quantitative estimate of drug-likeness (QED) is 0.172. The Labute approximate surface area is 300 Å². The maximum atomic E-state index is 6.41. The Kier molecular flexibility index (Phi) is 5.06. The van der Waals surface area contributed by atoms with Crippen molar-refractivity contribution in [2.45, 2.75) is 0 Å². The van der Waals surface area contributed by atoms with Crippen LogP contribution in [-0.2, 0) is 0 Å². The molecule has 0 aliphatic rings. The Morgan fingerprint density at radius 2 is 1.09 bits per heavy atom. The molecule has 53 heavy (non-hydrogen) atoms. The van der Waals surface area contributed by atoms with Crippen LogP contribution in [0.1, 0.15) is 0 Å². The molecule has 5 heterocycles. The van der Waals surface area contributed by atoms with Gasteiger partial charge in [0.15, 0.2) is 5.82 Å². The average Bonchev–Trinajstić information content (AvgIpc) is 3.85. The van der Waals surface area contributed by atoms with Gasteiger partial charge in [-0.1, -0.05) is 109 Å². The standard InChI is InChI=1S/C48H26N4O/c1-2-11-29-27(10-1)23-25-36-46(29)50-48(45(49-36)28-22-24-32-31-13-4-6-21-41(31)53-42(32)26-28)52-38-18-8-14-33-35-16-7-15-34-30-12-3-5-17-37(30)51(47(34)35)39-19-9-20-40(52)44(39)43(33)38/h1-26H. The summed E-state index contributed by atoms with van der Waals surface area (Å²) in [7, 11) is 0. The first-order valence-corrected chi connectivity index (χ1v) is 18.0. The molecule has 0 bridgehead atoms. The lowest BCUT2D eigenvalue weighted by molar-refractivity contribution is 0.669. The topological polar surface area (TPSA) is 48.3 Å². The van der Waals surface area contributed by atoms with Gasteiger partial charge in [0.05, 0.1) is 38.6 Å². The van der Waals surface area contributed by atoms with Crippen LogP contribution in [0.4, 0.5) is 0 Å². The van der Waals surface area contributed by atoms with Crippen LogP contribution in [0.3, 0.4) is 0 Å². The third kappa shape index (κ3) is 3.46. The fourth-order valence-electron chi connectivity index (χ4n) is 9.22. The van der Waals surface area contributed by atoms with E-state index in [0.717, 1.165) is 71.9 Å². The summed E-state index contributed by atoms with van der Waals surface area (Å²) in [5.41, 5.74) is 11.0. The minimum atomic E-state index is 0.787. The maximum Gasteiger partial charge on any atom is 0.165 e. The summed E-state index contributed by atoms with van der Waals surface area (Å²) in [6, 6.07) is 56.3. The van der Waals surface area contributed by atoms with Gasteiger partial charge in [-0.05, 0) is 59.3 Å². The molecule has 8 aromatic carbocycles. The van der Waals surface area contributed by atoms with Gasteiger partial charge in [-0.2, -0.15) is 0 Å². The Morgan fingerprint density at radius 1 is 0.434 bits per heavy atom. The maximum absolute atomic E-state index is 6.41. The number of fused-ring (bicyclic) bond motifs is 11. The highest BCUT2D eigenvalue weighted by molar-refractivity contribution is 6.31. The molecule has 0 saturated carbocycles. The molecule has 0 amide bonds. The lowest BCUT2D eigenvalue weighted by Gasteiger charge is -2.15. The summed E-state index contributed by atoms with van der Waals surface area (Å²) in [4.78, 5) is 11.1. The minimum absolute atomic E-state index is 0.787. The predicted molar refractivity (Wildman–Crippen MR) is 219 cm³/mol. The van der Waals surface area contributed by atoms with Crippen molar-refractivity contribution in [1.82, 2.24) is 18.9 Å². The van der Waals surface area contributed by atoms with Gasteiger partial charge in [-0.3, -0.25) is 4.57 Å². The predicted octanol–water partition coefficient (Wildman–Crippen LogP) is 12.6. The molecule has 0 spiro atoms. The smallest absolute Gasteiger partial charge is 0.165 e. The van der Waals surface area contributed by atoms with E-state index < -0.39 is 0 Å². The van der Waals surface area contributed by atoms with Crippen molar-refractivity contribution in [3.05, 3.63) is 158 Å². The lowest BCUT2D eigenvalue weighted by Crippen LogP contribution is -2.04. The zero-order valence-electron chi connectivity index (χ0n) is 28.2. The van der Waals surface area contributed by atoms with Gasteiger partial charge in [0.25, 0.3) is 0 Å². The van der Waals surface area contributed by atoms with E-state index in [0.29, 0.717) is 0 Å². The molecule has 0 radical (unpaired) electrons. The molecule has 13 rings (SSSR count). The monoisotopic (exact) mass is 674 g/mol. The second-order valence-corrected chi connectivity index (χ2v) is 14.1. The third-order valence-corrected chi connectivity index (χ3v) is 11.4. The van der Waals surface area contributed by atoms with Crippen LogP contribution in [0.5, 0.6) is 0 Å². The number of aromatic nitrogens is 4. The first-order valence-electron chi connectivity index (χ1n) is 18.0. The first-order chi connectivity index (χ1) is 26.3. The SMILES string of the molecule is c1ccc2c(c1)ccc1nc(-c3ccc4c(c3)oc3ccccc34)c(-n3c4cccc5c6cccc7c8ccccc8n(c8cccc3c8c54)c67)nc12. The molecule has 13 aromatic rings. The summed E-state index contributed by atoms with van der Waals surface area (Å²) in [5.74, 6) is 0.787. The highest BCUT2D eigenvalue weighted by atomic mass is 16.3. The zero-order valence-corrected chi connectivity index (χ0v) is 28.2. The average molecular weight is 675 g/mol. The first kappa shape index (κ1) is 27.5. The van der Waals surface area contributed by atoms with E-state index in [1.165, 1.54) is 48.9 Å². The van der Waals surface area contributed by atoms with Gasteiger partial charge in [-0.25, -0.2) is 9.97 Å². The van der Waals surface area contributed by atoms with E-state index in [2.05, 4.69) is 155 Å². The fraction of sp³-hybridized carbons (Fsp3) is 0. The molecule has 5 nitrogen and oxygen atoms in total. The number of nitrogens with zero attached hydrogens (tertiary/aromatic N) is 4. The van der Waals surface area contributed by atoms with Crippen molar-refractivity contribution in [3.8, 4) is 17.1 Å². The van der Waals surface area contributed by atoms with E-state index in [1.54, 1.807) is 0 Å². The number of hydrogen-bond donors (Lipinski definition) is 0. The van der Waals surface area contributed by atoms with Crippen molar-refractivity contribution in [1.29, 1.82) is 0 Å². The van der Waals surface area contributed by atoms with Crippen LogP contribution in [0.2, 0.25) is 0 Å². The summed E-state index contributed by atoms with van der Waals surface area (Å²) in [6.07, 6.45) is 0. The second kappa shape index (κ2) is 9.75. The van der Waals surface area contributed by atoms with Crippen LogP contribution < -0.4 is 0 Å². The highest BCUT2D eigenvalue weighted by Crippen LogP contribution is 2.45. The summed E-state index contributed by atoms with van der Waals surface area (Å²) in [6.45, 7) is 0. The number of benzene rings is 8. The molecule has 0 N–H and O–H groups in total. The van der Waals surface area contributed by atoms with Gasteiger partial charge >= 0.3 is 0 Å². The molecule has 0 aliphatic heterocycles. The Balaban J connectivity index is 1.23. The summed E-state index contributed by atoms with van der Waals surface area (Å²) >= 11 is 0. The molecular weight excluding hydrogens is 649 g/mol. The molecule has 0 fully saturated rings. The van der Waals surface area contributed by atoms with Crippen molar-refractivity contribution < 1.29 is 4.42 Å². The largest absolute Gasteiger partial charge is 0.456 e. The third-order valence-electron chi connectivity index (χ3n) is 11.4. The number of rotatable bonds is 2. The number of furan rings is 1. The molecule has 244 valence electrons. The van der Waals surface area contributed by atoms with Gasteiger partial charge in [0.2, 0.25) is 0 Å². The van der Waals surface area contributed by atoms with E-state index in [9.17, 15) is 0 Å². The molecule has 0 saturated heterocycles. The van der Waals surface area contributed by atoms with Crippen LogP contribution in [0, 0.1) is 0 Å². The number of para-hydroxylation sites is 3. The Bertz CT molecular complexity index is 3700. The summed E-state index contributed by atoms with van der Waals surface area (Å²) < 4.78 is 11.2. The molecule has 5 aromatic heterocycles. The number of hydrogen-bond acceptors (Lipinski definition) is 3. The Hall–Kier alpha value is -7.24. The van der Waals surface area contributed by atoms with Gasteiger partial charge in [0.1, 0.15) is 16.9 Å². The highest BCUT2D eigenvalue weighted by Gasteiger charge is 2.25. The van der Waals surface area contributed by atoms with Gasteiger partial charge in [-0.15, -0.1) is 0 Å². The van der Waals surface area contributed by atoms with Gasteiger partial charge in [0, 0.05) is 48.7 Å². The van der Waals surface area contributed by atoms with Crippen molar-refractivity contribution >= 4 is 104 Å². The van der Waals surface area contributed by atoms with E-state index in [4.69, 9.17) is 14.4 Å². The van der Waals surface area contributed by atoms with E-state index >= 15 is 0 Å². The molecule has 0 aliphatic carbocycles. The molecular formula is C48H26N4O. The zero-order chi connectivity index (χ0) is 34.4. The fourth-order valence-corrected chi connectivity index (χ4v) is 9.22. The van der Waals surface area contributed by atoms with Crippen LogP contribution in [-0.4, -0.2) is 18.9 Å². The molecule has 5 heteroatoms. The normalized spacial score (nSPS) is 12.5. The second-order valence-electron chi connectivity index (χ2n) is 14.1. The van der Waals surface area contributed by atoms with Gasteiger partial charge < -0.3 is 8.82 Å². The molecule has 0 atom stereocenters. The van der Waals surface area contributed by atoms with Crippen molar-refractivity contribution in [2.24, 2.45) is 0 Å². The molecule has 0 unspecified atom stereocenters. The van der Waals surface area contributed by atoms with Crippen molar-refractivity contribution in [3.63, 3.8) is 0 Å². The summed E-state index contributed by atoms with van der Waals surface area (Å²) in [5, 5.41) is 11.8.